The van der Waals surface area contributed by atoms with Gasteiger partial charge in [-0.25, -0.2) is 0 Å². The van der Waals surface area contributed by atoms with E-state index in [1.807, 2.05) is 14.1 Å². The predicted octanol–water partition coefficient (Wildman–Crippen LogP) is 1.08. The standard InChI is InChI=1S/C15H17NO4/c1-10(17)20-11-4-5-15-12(8-11)13(9-19-15)14(18)6-7-16(2)3/h4-5,8-9H,6-7H2,1-3H3/p+1. The number of ether oxygens (including phenoxy) is 1. The van der Waals surface area contributed by atoms with Gasteiger partial charge in [-0.05, 0) is 18.2 Å². The molecule has 0 saturated carbocycles. The number of rotatable bonds is 5. The number of quaternary nitrogens is 1. The first-order chi connectivity index (χ1) is 9.47. The van der Waals surface area contributed by atoms with E-state index in [0.717, 1.165) is 6.54 Å². The molecular weight excluding hydrogens is 258 g/mol. The van der Waals surface area contributed by atoms with Crippen molar-refractivity contribution in [1.82, 2.24) is 0 Å². The van der Waals surface area contributed by atoms with E-state index in [0.29, 0.717) is 28.7 Å². The Hall–Kier alpha value is -2.14. The molecule has 0 unspecified atom stereocenters. The van der Waals surface area contributed by atoms with Gasteiger partial charge in [0.15, 0.2) is 5.78 Å². The molecule has 0 bridgehead atoms. The topological polar surface area (TPSA) is 60.9 Å². The van der Waals surface area contributed by atoms with Crippen LogP contribution < -0.4 is 9.64 Å². The number of hydrogen-bond donors (Lipinski definition) is 1. The second-order valence-corrected chi connectivity index (χ2v) is 5.03. The molecule has 1 heterocycles. The largest absolute Gasteiger partial charge is 0.464 e. The summed E-state index contributed by atoms with van der Waals surface area (Å²) in [6.07, 6.45) is 1.92. The minimum Gasteiger partial charge on any atom is -0.464 e. The summed E-state index contributed by atoms with van der Waals surface area (Å²) in [7, 11) is 4.00. The first kappa shape index (κ1) is 14.3. The Kier molecular flexibility index (Phi) is 4.20. The maximum atomic E-state index is 12.2. The number of esters is 1. The lowest BCUT2D eigenvalue weighted by atomic mass is 10.1. The van der Waals surface area contributed by atoms with Crippen molar-refractivity contribution >= 4 is 22.7 Å². The van der Waals surface area contributed by atoms with Crippen molar-refractivity contribution in [3.63, 3.8) is 0 Å². The number of Topliss-reactive ketones (excluding diaryl/α,β-unsaturated/α-hetero) is 1. The summed E-state index contributed by atoms with van der Waals surface area (Å²) in [5.74, 6) is 0.0561. The van der Waals surface area contributed by atoms with Crippen molar-refractivity contribution in [1.29, 1.82) is 0 Å². The second kappa shape index (κ2) is 5.88. The number of ketones is 1. The molecule has 0 radical (unpaired) electrons. The average Bonchev–Trinajstić information content (AvgIpc) is 2.78. The molecule has 0 aliphatic rings. The van der Waals surface area contributed by atoms with E-state index in [4.69, 9.17) is 9.15 Å². The van der Waals surface area contributed by atoms with Crippen molar-refractivity contribution in [3.05, 3.63) is 30.0 Å². The van der Waals surface area contributed by atoms with Gasteiger partial charge in [0.1, 0.15) is 17.6 Å². The minimum atomic E-state index is -0.392. The highest BCUT2D eigenvalue weighted by atomic mass is 16.5. The van der Waals surface area contributed by atoms with E-state index in [9.17, 15) is 9.59 Å². The van der Waals surface area contributed by atoms with Gasteiger partial charge in [-0.2, -0.15) is 0 Å². The van der Waals surface area contributed by atoms with Crippen LogP contribution in [0.3, 0.4) is 0 Å². The van der Waals surface area contributed by atoms with E-state index in [1.54, 1.807) is 18.2 Å². The van der Waals surface area contributed by atoms with Crippen LogP contribution in [-0.2, 0) is 4.79 Å². The van der Waals surface area contributed by atoms with E-state index < -0.39 is 5.97 Å². The van der Waals surface area contributed by atoms with Gasteiger partial charge in [0.05, 0.1) is 32.6 Å². The zero-order valence-corrected chi connectivity index (χ0v) is 11.9. The average molecular weight is 276 g/mol. The molecule has 5 nitrogen and oxygen atoms in total. The lowest BCUT2D eigenvalue weighted by molar-refractivity contribution is -0.857. The molecule has 1 aromatic heterocycles. The number of fused-ring (bicyclic) bond motifs is 1. The van der Waals surface area contributed by atoms with Gasteiger partial charge in [0.25, 0.3) is 0 Å². The molecule has 2 rings (SSSR count). The molecule has 0 amide bonds. The summed E-state index contributed by atoms with van der Waals surface area (Å²) in [5.41, 5.74) is 1.15. The molecule has 0 aliphatic heterocycles. The Balaban J connectivity index is 2.29. The zero-order valence-electron chi connectivity index (χ0n) is 11.9. The summed E-state index contributed by atoms with van der Waals surface area (Å²) in [6.45, 7) is 2.10. The summed E-state index contributed by atoms with van der Waals surface area (Å²) in [4.78, 5) is 24.4. The van der Waals surface area contributed by atoms with Crippen LogP contribution in [0.25, 0.3) is 11.0 Å². The Morgan fingerprint density at radius 1 is 1.30 bits per heavy atom. The van der Waals surface area contributed by atoms with Crippen LogP contribution in [-0.4, -0.2) is 32.4 Å². The monoisotopic (exact) mass is 276 g/mol. The zero-order chi connectivity index (χ0) is 14.7. The molecule has 1 aromatic carbocycles. The van der Waals surface area contributed by atoms with Gasteiger partial charge in [-0.1, -0.05) is 0 Å². The molecule has 1 N–H and O–H groups in total. The summed E-state index contributed by atoms with van der Waals surface area (Å²) >= 11 is 0. The Morgan fingerprint density at radius 3 is 2.70 bits per heavy atom. The van der Waals surface area contributed by atoms with Gasteiger partial charge < -0.3 is 14.1 Å². The molecule has 5 heteroatoms. The number of carbonyl (C=O) groups excluding carboxylic acids is 2. The van der Waals surface area contributed by atoms with Crippen LogP contribution in [0.2, 0.25) is 0 Å². The van der Waals surface area contributed by atoms with Gasteiger partial charge >= 0.3 is 5.97 Å². The van der Waals surface area contributed by atoms with E-state index >= 15 is 0 Å². The van der Waals surface area contributed by atoms with Crippen LogP contribution in [0.15, 0.2) is 28.9 Å². The third-order valence-electron chi connectivity index (χ3n) is 2.96. The molecule has 2 aromatic rings. The summed E-state index contributed by atoms with van der Waals surface area (Å²) in [5, 5.41) is 0.683. The van der Waals surface area contributed by atoms with Gasteiger partial charge in [0, 0.05) is 12.3 Å². The third-order valence-corrected chi connectivity index (χ3v) is 2.96. The fourth-order valence-corrected chi connectivity index (χ4v) is 1.95. The Bertz CT molecular complexity index is 642. The highest BCUT2D eigenvalue weighted by Gasteiger charge is 2.15. The molecule has 0 aliphatic carbocycles. The summed E-state index contributed by atoms with van der Waals surface area (Å²) < 4.78 is 10.4. The Morgan fingerprint density at radius 2 is 2.05 bits per heavy atom. The van der Waals surface area contributed by atoms with Crippen LogP contribution in [0.4, 0.5) is 0 Å². The number of furan rings is 1. The normalized spacial score (nSPS) is 11.0. The van der Waals surface area contributed by atoms with E-state index in [2.05, 4.69) is 0 Å². The van der Waals surface area contributed by atoms with Crippen LogP contribution in [0, 0.1) is 0 Å². The first-order valence-electron chi connectivity index (χ1n) is 6.49. The first-order valence-corrected chi connectivity index (χ1v) is 6.49. The lowest BCUT2D eigenvalue weighted by Crippen LogP contribution is -3.05. The van der Waals surface area contributed by atoms with Crippen LogP contribution in [0.5, 0.6) is 5.75 Å². The predicted molar refractivity (Wildman–Crippen MR) is 74.1 cm³/mol. The maximum Gasteiger partial charge on any atom is 0.308 e. The SMILES string of the molecule is CC(=O)Oc1ccc2occ(C(=O)CC[NH+](C)C)c2c1. The van der Waals surface area contributed by atoms with Crippen LogP contribution in [0.1, 0.15) is 23.7 Å². The second-order valence-electron chi connectivity index (χ2n) is 5.03. The molecule has 106 valence electrons. The number of carbonyl (C=O) groups is 2. The summed E-state index contributed by atoms with van der Waals surface area (Å²) in [6, 6.07) is 5.00. The molecular formula is C15H18NO4+. The minimum absolute atomic E-state index is 0.0323. The fraction of sp³-hybridized carbons (Fsp3) is 0.333. The number of benzene rings is 1. The smallest absolute Gasteiger partial charge is 0.308 e. The van der Waals surface area contributed by atoms with Gasteiger partial charge in [-0.15, -0.1) is 0 Å². The maximum absolute atomic E-state index is 12.2. The molecule has 0 atom stereocenters. The quantitative estimate of drug-likeness (QED) is 0.504. The van der Waals surface area contributed by atoms with Gasteiger partial charge in [-0.3, -0.25) is 9.59 Å². The van der Waals surface area contributed by atoms with Crippen molar-refractivity contribution in [2.24, 2.45) is 0 Å². The highest BCUT2D eigenvalue weighted by molar-refractivity contribution is 6.07. The number of nitrogens with one attached hydrogen (secondary N) is 1. The Labute approximate surface area is 117 Å². The van der Waals surface area contributed by atoms with Crippen molar-refractivity contribution in [2.75, 3.05) is 20.6 Å². The van der Waals surface area contributed by atoms with Crippen molar-refractivity contribution < 1.29 is 23.6 Å². The molecule has 0 spiro atoms. The van der Waals surface area contributed by atoms with E-state index in [1.165, 1.54) is 18.1 Å². The fourth-order valence-electron chi connectivity index (χ4n) is 1.95. The van der Waals surface area contributed by atoms with Gasteiger partial charge in [0.2, 0.25) is 0 Å². The van der Waals surface area contributed by atoms with E-state index in [-0.39, 0.29) is 5.78 Å². The third kappa shape index (κ3) is 3.24. The molecule has 0 saturated heterocycles. The number of hydrogen-bond acceptors (Lipinski definition) is 4. The van der Waals surface area contributed by atoms with Crippen molar-refractivity contribution in [2.45, 2.75) is 13.3 Å². The van der Waals surface area contributed by atoms with Crippen molar-refractivity contribution in [3.8, 4) is 5.75 Å². The lowest BCUT2D eigenvalue weighted by Gasteiger charge is -2.05. The molecule has 0 fully saturated rings. The van der Waals surface area contributed by atoms with Crippen LogP contribution >= 0.6 is 0 Å². The molecule has 20 heavy (non-hydrogen) atoms. The highest BCUT2D eigenvalue weighted by Crippen LogP contribution is 2.26.